The Morgan fingerprint density at radius 3 is 2.68 bits per heavy atom. The lowest BCUT2D eigenvalue weighted by Gasteiger charge is -2.35. The molecule has 118 valence electrons. The number of fused-ring (bicyclic) bond motifs is 1. The standard InChI is InChI=1S/C17H22N2O3/c1-12(16(20)19-9-4-7-15(19)17(21)22)18-10-8-13-5-2-3-6-14(13)11-18/h2-3,5-6,12,15H,4,7-11H2,1H3,(H,21,22). The van der Waals surface area contributed by atoms with Crippen LogP contribution in [0.3, 0.4) is 0 Å². The van der Waals surface area contributed by atoms with Crippen molar-refractivity contribution in [2.24, 2.45) is 0 Å². The van der Waals surface area contributed by atoms with Crippen LogP contribution in [0.25, 0.3) is 0 Å². The zero-order chi connectivity index (χ0) is 15.7. The molecule has 0 radical (unpaired) electrons. The molecule has 2 heterocycles. The number of hydrogen-bond acceptors (Lipinski definition) is 3. The quantitative estimate of drug-likeness (QED) is 0.919. The van der Waals surface area contributed by atoms with Crippen LogP contribution in [0.2, 0.25) is 0 Å². The number of carboxylic acids is 1. The van der Waals surface area contributed by atoms with Crippen LogP contribution in [0.15, 0.2) is 24.3 Å². The topological polar surface area (TPSA) is 60.9 Å². The lowest BCUT2D eigenvalue weighted by molar-refractivity contribution is -0.150. The molecule has 1 aromatic carbocycles. The number of aliphatic carboxylic acids is 1. The Bertz CT molecular complexity index is 587. The highest BCUT2D eigenvalue weighted by atomic mass is 16.4. The van der Waals surface area contributed by atoms with Crippen LogP contribution in [0.5, 0.6) is 0 Å². The monoisotopic (exact) mass is 302 g/mol. The molecule has 0 spiro atoms. The Labute approximate surface area is 130 Å². The SMILES string of the molecule is CC(C(=O)N1CCCC1C(=O)O)N1CCc2ccccc2C1. The summed E-state index contributed by atoms with van der Waals surface area (Å²) in [6.07, 6.45) is 2.28. The number of carboxylic acid groups (broad SMARTS) is 1. The number of rotatable bonds is 3. The van der Waals surface area contributed by atoms with Crippen LogP contribution < -0.4 is 0 Å². The third-order valence-corrected chi connectivity index (χ3v) is 4.89. The minimum atomic E-state index is -0.887. The molecule has 1 aromatic rings. The van der Waals surface area contributed by atoms with E-state index in [-0.39, 0.29) is 11.9 Å². The second kappa shape index (κ2) is 6.08. The van der Waals surface area contributed by atoms with Crippen molar-refractivity contribution >= 4 is 11.9 Å². The highest BCUT2D eigenvalue weighted by Gasteiger charge is 2.37. The van der Waals surface area contributed by atoms with Crippen molar-refractivity contribution in [3.8, 4) is 0 Å². The molecule has 0 bridgehead atoms. The fourth-order valence-electron chi connectivity index (χ4n) is 3.53. The van der Waals surface area contributed by atoms with Crippen molar-refractivity contribution < 1.29 is 14.7 Å². The van der Waals surface area contributed by atoms with E-state index in [4.69, 9.17) is 0 Å². The summed E-state index contributed by atoms with van der Waals surface area (Å²) < 4.78 is 0. The summed E-state index contributed by atoms with van der Waals surface area (Å²) in [7, 11) is 0. The molecule has 5 heteroatoms. The van der Waals surface area contributed by atoms with E-state index >= 15 is 0 Å². The maximum absolute atomic E-state index is 12.7. The predicted octanol–water partition coefficient (Wildman–Crippen LogP) is 1.51. The molecule has 5 nitrogen and oxygen atoms in total. The first-order valence-corrected chi connectivity index (χ1v) is 7.92. The van der Waals surface area contributed by atoms with Gasteiger partial charge in [-0.15, -0.1) is 0 Å². The van der Waals surface area contributed by atoms with E-state index in [1.807, 2.05) is 19.1 Å². The summed E-state index contributed by atoms with van der Waals surface area (Å²) in [5.74, 6) is -0.939. The van der Waals surface area contributed by atoms with Crippen LogP contribution in [0, 0.1) is 0 Å². The largest absolute Gasteiger partial charge is 0.480 e. The number of carbonyl (C=O) groups excluding carboxylic acids is 1. The van der Waals surface area contributed by atoms with Gasteiger partial charge in [0.25, 0.3) is 0 Å². The van der Waals surface area contributed by atoms with Crippen molar-refractivity contribution in [3.05, 3.63) is 35.4 Å². The normalized spacial score (nSPS) is 23.1. The fraction of sp³-hybridized carbons (Fsp3) is 0.529. The average Bonchev–Trinajstić information content (AvgIpc) is 3.03. The molecule has 1 amide bonds. The summed E-state index contributed by atoms with van der Waals surface area (Å²) in [5.41, 5.74) is 2.62. The van der Waals surface area contributed by atoms with Gasteiger partial charge in [0.1, 0.15) is 6.04 Å². The molecule has 2 aliphatic heterocycles. The predicted molar refractivity (Wildman–Crippen MR) is 82.4 cm³/mol. The van der Waals surface area contributed by atoms with Crippen LogP contribution in [0.1, 0.15) is 30.9 Å². The van der Waals surface area contributed by atoms with E-state index in [2.05, 4.69) is 17.0 Å². The van der Waals surface area contributed by atoms with Crippen LogP contribution in [-0.2, 0) is 22.6 Å². The van der Waals surface area contributed by atoms with Gasteiger partial charge in [-0.3, -0.25) is 9.69 Å². The molecule has 2 aliphatic rings. The van der Waals surface area contributed by atoms with E-state index in [1.165, 1.54) is 11.1 Å². The Morgan fingerprint density at radius 2 is 1.95 bits per heavy atom. The van der Waals surface area contributed by atoms with Gasteiger partial charge < -0.3 is 10.0 Å². The number of nitrogens with zero attached hydrogens (tertiary/aromatic N) is 2. The summed E-state index contributed by atoms with van der Waals surface area (Å²) in [5, 5.41) is 9.25. The highest BCUT2D eigenvalue weighted by Crippen LogP contribution is 2.24. The summed E-state index contributed by atoms with van der Waals surface area (Å²) in [6.45, 7) is 4.06. The van der Waals surface area contributed by atoms with Crippen molar-refractivity contribution in [2.75, 3.05) is 13.1 Å². The Morgan fingerprint density at radius 1 is 1.23 bits per heavy atom. The summed E-state index contributed by atoms with van der Waals surface area (Å²) in [4.78, 5) is 27.7. The maximum Gasteiger partial charge on any atom is 0.326 e. The molecular weight excluding hydrogens is 280 g/mol. The van der Waals surface area contributed by atoms with E-state index < -0.39 is 12.0 Å². The highest BCUT2D eigenvalue weighted by molar-refractivity contribution is 5.87. The van der Waals surface area contributed by atoms with Gasteiger partial charge in [-0.1, -0.05) is 24.3 Å². The van der Waals surface area contributed by atoms with E-state index in [0.29, 0.717) is 13.0 Å². The molecule has 0 saturated carbocycles. The van der Waals surface area contributed by atoms with Gasteiger partial charge in [-0.05, 0) is 37.3 Å². The van der Waals surface area contributed by atoms with Gasteiger partial charge in [0.05, 0.1) is 6.04 Å². The van der Waals surface area contributed by atoms with Crippen molar-refractivity contribution in [1.82, 2.24) is 9.80 Å². The zero-order valence-corrected chi connectivity index (χ0v) is 12.9. The smallest absolute Gasteiger partial charge is 0.326 e. The zero-order valence-electron chi connectivity index (χ0n) is 12.9. The summed E-state index contributed by atoms with van der Waals surface area (Å²) >= 11 is 0. The first-order chi connectivity index (χ1) is 10.6. The minimum absolute atomic E-state index is 0.0516. The maximum atomic E-state index is 12.7. The second-order valence-corrected chi connectivity index (χ2v) is 6.19. The Kier molecular flexibility index (Phi) is 4.16. The molecule has 2 unspecified atom stereocenters. The number of carbonyl (C=O) groups is 2. The number of likely N-dealkylation sites (tertiary alicyclic amines) is 1. The summed E-state index contributed by atoms with van der Waals surface area (Å²) in [6, 6.07) is 7.40. The molecule has 22 heavy (non-hydrogen) atoms. The first kappa shape index (κ1) is 15.0. The average molecular weight is 302 g/mol. The molecular formula is C17H22N2O3. The molecule has 0 aromatic heterocycles. The van der Waals surface area contributed by atoms with Crippen molar-refractivity contribution in [3.63, 3.8) is 0 Å². The first-order valence-electron chi connectivity index (χ1n) is 7.92. The molecule has 1 saturated heterocycles. The van der Waals surface area contributed by atoms with Gasteiger partial charge in [-0.25, -0.2) is 4.79 Å². The van der Waals surface area contributed by atoms with Gasteiger partial charge in [-0.2, -0.15) is 0 Å². The van der Waals surface area contributed by atoms with E-state index in [1.54, 1.807) is 4.90 Å². The lowest BCUT2D eigenvalue weighted by atomic mass is 9.98. The Hall–Kier alpha value is -1.88. The molecule has 1 N–H and O–H groups in total. The van der Waals surface area contributed by atoms with Gasteiger partial charge in [0, 0.05) is 19.6 Å². The molecule has 1 fully saturated rings. The van der Waals surface area contributed by atoms with Crippen LogP contribution in [-0.4, -0.2) is 52.0 Å². The number of benzene rings is 1. The van der Waals surface area contributed by atoms with Gasteiger partial charge in [0.2, 0.25) is 5.91 Å². The number of amides is 1. The molecule has 3 rings (SSSR count). The fourth-order valence-corrected chi connectivity index (χ4v) is 3.53. The van der Waals surface area contributed by atoms with E-state index in [0.717, 1.165) is 25.9 Å². The molecule has 0 aliphatic carbocycles. The van der Waals surface area contributed by atoms with Crippen molar-refractivity contribution in [2.45, 2.75) is 44.8 Å². The second-order valence-electron chi connectivity index (χ2n) is 6.19. The third kappa shape index (κ3) is 2.73. The number of hydrogen-bond donors (Lipinski definition) is 1. The van der Waals surface area contributed by atoms with Gasteiger partial charge >= 0.3 is 5.97 Å². The van der Waals surface area contributed by atoms with Crippen LogP contribution >= 0.6 is 0 Å². The van der Waals surface area contributed by atoms with E-state index in [9.17, 15) is 14.7 Å². The third-order valence-electron chi connectivity index (χ3n) is 4.89. The van der Waals surface area contributed by atoms with Crippen LogP contribution in [0.4, 0.5) is 0 Å². The molecule has 2 atom stereocenters. The van der Waals surface area contributed by atoms with Gasteiger partial charge in [0.15, 0.2) is 0 Å². The lowest BCUT2D eigenvalue weighted by Crippen LogP contribution is -2.51. The Balaban J connectivity index is 1.70. The minimum Gasteiger partial charge on any atom is -0.480 e. The van der Waals surface area contributed by atoms with Crippen molar-refractivity contribution in [1.29, 1.82) is 0 Å².